The first kappa shape index (κ1) is 16.4. The van der Waals surface area contributed by atoms with Crippen LogP contribution in [0.25, 0.3) is 0 Å². The van der Waals surface area contributed by atoms with Gasteiger partial charge in [0.05, 0.1) is 5.41 Å². The Morgan fingerprint density at radius 2 is 1.74 bits per heavy atom. The molecule has 0 saturated heterocycles. The molecule has 0 spiro atoms. The van der Waals surface area contributed by atoms with Gasteiger partial charge >= 0.3 is 0 Å². The number of rotatable bonds is 4. The minimum atomic E-state index is 0.0451. The highest BCUT2D eigenvalue weighted by atomic mass is 15.2. The maximum atomic E-state index is 2.67. The summed E-state index contributed by atoms with van der Waals surface area (Å²) >= 11 is 0. The summed E-state index contributed by atoms with van der Waals surface area (Å²) in [6, 6.07) is 9.05. The molecule has 2 atom stereocenters. The molecule has 1 heteroatoms. The lowest BCUT2D eigenvalue weighted by Crippen LogP contribution is -2.46. The normalized spacial score (nSPS) is 26.5. The van der Waals surface area contributed by atoms with Crippen molar-refractivity contribution in [2.24, 2.45) is 5.92 Å². The van der Waals surface area contributed by atoms with E-state index in [9.17, 15) is 0 Å². The smallest absolute Gasteiger partial charge is 0.0553 e. The summed E-state index contributed by atoms with van der Waals surface area (Å²) in [5, 5.41) is 0. The van der Waals surface area contributed by atoms with Gasteiger partial charge in [0.2, 0.25) is 0 Å². The van der Waals surface area contributed by atoms with Gasteiger partial charge in [-0.2, -0.15) is 0 Å². The molecule has 1 aliphatic heterocycles. The minimum absolute atomic E-state index is 0.0451. The largest absolute Gasteiger partial charge is 0.338 e. The van der Waals surface area contributed by atoms with E-state index >= 15 is 0 Å². The molecule has 1 aromatic carbocycles. The first-order chi connectivity index (χ1) is 10.9. The van der Waals surface area contributed by atoms with Crippen molar-refractivity contribution in [2.75, 3.05) is 4.90 Å². The SMILES string of the molecule is CCC1=CC(C)C=C2N(C(C)(CC)CC)c3ccccc3C12C. The molecule has 1 aromatic rings. The zero-order valence-electron chi connectivity index (χ0n) is 15.6. The second kappa shape index (κ2) is 5.54. The quantitative estimate of drug-likeness (QED) is 0.597. The molecule has 0 radical (unpaired) electrons. The van der Waals surface area contributed by atoms with Crippen LogP contribution in [0.5, 0.6) is 0 Å². The van der Waals surface area contributed by atoms with Gasteiger partial charge in [0.25, 0.3) is 0 Å². The summed E-state index contributed by atoms with van der Waals surface area (Å²) < 4.78 is 0. The zero-order chi connectivity index (χ0) is 16.8. The van der Waals surface area contributed by atoms with Gasteiger partial charge in [0.1, 0.15) is 0 Å². The Balaban J connectivity index is 2.29. The van der Waals surface area contributed by atoms with Gasteiger partial charge in [0, 0.05) is 16.9 Å². The van der Waals surface area contributed by atoms with Crippen LogP contribution >= 0.6 is 0 Å². The van der Waals surface area contributed by atoms with Crippen molar-refractivity contribution in [1.29, 1.82) is 0 Å². The van der Waals surface area contributed by atoms with Crippen LogP contribution in [0.3, 0.4) is 0 Å². The van der Waals surface area contributed by atoms with Crippen LogP contribution < -0.4 is 4.90 Å². The highest BCUT2D eigenvalue weighted by Gasteiger charge is 2.50. The summed E-state index contributed by atoms with van der Waals surface area (Å²) in [5.41, 5.74) is 6.21. The van der Waals surface area contributed by atoms with Gasteiger partial charge in [-0.25, -0.2) is 0 Å². The molecular formula is C22H31N. The Morgan fingerprint density at radius 3 is 2.35 bits per heavy atom. The van der Waals surface area contributed by atoms with E-state index in [-0.39, 0.29) is 11.0 Å². The Morgan fingerprint density at radius 1 is 1.09 bits per heavy atom. The Kier molecular flexibility index (Phi) is 3.94. The number of allylic oxidation sites excluding steroid dienone is 3. The molecule has 1 heterocycles. The van der Waals surface area contributed by atoms with Gasteiger partial charge in [-0.3, -0.25) is 0 Å². The lowest BCUT2D eigenvalue weighted by Gasteiger charge is -2.44. The van der Waals surface area contributed by atoms with Crippen LogP contribution in [0.2, 0.25) is 0 Å². The van der Waals surface area contributed by atoms with Crippen molar-refractivity contribution in [3.05, 3.63) is 53.3 Å². The second-order valence-electron chi connectivity index (χ2n) is 7.64. The van der Waals surface area contributed by atoms with E-state index in [0.29, 0.717) is 5.92 Å². The molecule has 124 valence electrons. The molecule has 1 nitrogen and oxygen atoms in total. The van der Waals surface area contributed by atoms with Gasteiger partial charge in [0.15, 0.2) is 0 Å². The van der Waals surface area contributed by atoms with Gasteiger partial charge in [-0.1, -0.05) is 63.6 Å². The summed E-state index contributed by atoms with van der Waals surface area (Å²) in [6.45, 7) is 14.1. The van der Waals surface area contributed by atoms with Crippen LogP contribution in [-0.2, 0) is 5.41 Å². The fraction of sp³-hybridized carbons (Fsp3) is 0.545. The Bertz CT molecular complexity index is 662. The van der Waals surface area contributed by atoms with Crippen LogP contribution in [0.4, 0.5) is 5.69 Å². The van der Waals surface area contributed by atoms with Crippen LogP contribution in [0.1, 0.15) is 66.4 Å². The topological polar surface area (TPSA) is 3.24 Å². The number of para-hydroxylation sites is 1. The standard InChI is InChI=1S/C22H31N/c1-7-17-14-16(4)15-20-22(17,6)18-12-10-11-13-19(18)23(20)21(5,8-2)9-3/h10-16H,7-9H2,1-6H3. The summed E-state index contributed by atoms with van der Waals surface area (Å²) in [7, 11) is 0. The van der Waals surface area contributed by atoms with Crippen molar-refractivity contribution in [2.45, 2.75) is 71.8 Å². The highest BCUT2D eigenvalue weighted by Crippen LogP contribution is 2.57. The van der Waals surface area contributed by atoms with E-state index in [4.69, 9.17) is 0 Å². The van der Waals surface area contributed by atoms with E-state index in [2.05, 4.69) is 82.9 Å². The molecule has 2 unspecified atom stereocenters. The molecule has 0 fully saturated rings. The van der Waals surface area contributed by atoms with E-state index in [0.717, 1.165) is 19.3 Å². The fourth-order valence-corrected chi connectivity index (χ4v) is 4.56. The lowest BCUT2D eigenvalue weighted by atomic mass is 9.69. The number of nitrogens with zero attached hydrogens (tertiary/aromatic N) is 1. The van der Waals surface area contributed by atoms with Crippen molar-refractivity contribution < 1.29 is 0 Å². The first-order valence-corrected chi connectivity index (χ1v) is 9.25. The van der Waals surface area contributed by atoms with Crippen LogP contribution in [0.15, 0.2) is 47.7 Å². The maximum Gasteiger partial charge on any atom is 0.0553 e. The van der Waals surface area contributed by atoms with E-state index in [1.807, 2.05) is 0 Å². The average molecular weight is 309 g/mol. The molecule has 3 rings (SSSR count). The van der Waals surface area contributed by atoms with E-state index in [1.54, 1.807) is 5.57 Å². The molecule has 23 heavy (non-hydrogen) atoms. The molecule has 0 aromatic heterocycles. The van der Waals surface area contributed by atoms with Gasteiger partial charge < -0.3 is 4.90 Å². The third kappa shape index (κ3) is 2.12. The molecule has 0 N–H and O–H groups in total. The zero-order valence-corrected chi connectivity index (χ0v) is 15.6. The lowest BCUT2D eigenvalue weighted by molar-refractivity contribution is 0.406. The fourth-order valence-electron chi connectivity index (χ4n) is 4.56. The van der Waals surface area contributed by atoms with Crippen LogP contribution in [-0.4, -0.2) is 5.54 Å². The van der Waals surface area contributed by atoms with Gasteiger partial charge in [-0.15, -0.1) is 0 Å². The average Bonchev–Trinajstić information content (AvgIpc) is 2.83. The number of hydrogen-bond acceptors (Lipinski definition) is 1. The number of fused-ring (bicyclic) bond motifs is 3. The number of anilines is 1. The molecular weight excluding hydrogens is 278 g/mol. The van der Waals surface area contributed by atoms with Crippen LogP contribution in [0, 0.1) is 5.92 Å². The third-order valence-corrected chi connectivity index (χ3v) is 6.41. The predicted octanol–water partition coefficient (Wildman–Crippen LogP) is 6.21. The summed E-state index contributed by atoms with van der Waals surface area (Å²) in [4.78, 5) is 2.67. The summed E-state index contributed by atoms with van der Waals surface area (Å²) in [5.74, 6) is 0.516. The molecule has 0 amide bonds. The molecule has 0 saturated carbocycles. The van der Waals surface area contributed by atoms with E-state index < -0.39 is 0 Å². The second-order valence-corrected chi connectivity index (χ2v) is 7.64. The van der Waals surface area contributed by atoms with Crippen molar-refractivity contribution in [3.63, 3.8) is 0 Å². The van der Waals surface area contributed by atoms with E-state index in [1.165, 1.54) is 16.9 Å². The number of benzene rings is 1. The Hall–Kier alpha value is -1.50. The molecule has 2 aliphatic rings. The number of hydrogen-bond donors (Lipinski definition) is 0. The van der Waals surface area contributed by atoms with Crippen molar-refractivity contribution >= 4 is 5.69 Å². The maximum absolute atomic E-state index is 2.67. The summed E-state index contributed by atoms with van der Waals surface area (Å²) in [6.07, 6.45) is 8.42. The van der Waals surface area contributed by atoms with Gasteiger partial charge in [-0.05, 0) is 50.7 Å². The minimum Gasteiger partial charge on any atom is -0.338 e. The highest BCUT2D eigenvalue weighted by molar-refractivity contribution is 5.76. The Labute approximate surface area is 142 Å². The molecule has 1 aliphatic carbocycles. The molecule has 0 bridgehead atoms. The van der Waals surface area contributed by atoms with Crippen molar-refractivity contribution in [3.8, 4) is 0 Å². The predicted molar refractivity (Wildman–Crippen MR) is 101 cm³/mol. The first-order valence-electron chi connectivity index (χ1n) is 9.25. The third-order valence-electron chi connectivity index (χ3n) is 6.41. The van der Waals surface area contributed by atoms with Crippen molar-refractivity contribution in [1.82, 2.24) is 0 Å². The monoisotopic (exact) mass is 309 g/mol.